The molecule has 0 saturated carbocycles. The Kier molecular flexibility index (Phi) is 40.2. The Bertz CT molecular complexity index is 2030. The summed E-state index contributed by atoms with van der Waals surface area (Å²) in [5.41, 5.74) is 10.9. The maximum absolute atomic E-state index is 9.44. The van der Waals surface area contributed by atoms with Crippen molar-refractivity contribution in [3.05, 3.63) is 148 Å². The summed E-state index contributed by atoms with van der Waals surface area (Å²) in [5, 5.41) is 0. The van der Waals surface area contributed by atoms with E-state index in [1.165, 1.54) is 194 Å². The first-order valence-corrected chi connectivity index (χ1v) is 39.0. The Labute approximate surface area is 542 Å². The molecule has 3 atom stereocenters. The molecule has 8 aliphatic rings. The zero-order valence-electron chi connectivity index (χ0n) is 48.8. The van der Waals surface area contributed by atoms with Crippen LogP contribution in [-0.4, -0.2) is 86.0 Å². The number of benzene rings is 4. The summed E-state index contributed by atoms with van der Waals surface area (Å²) in [5.74, 6) is 24.4. The molecule has 8 saturated heterocycles. The van der Waals surface area contributed by atoms with Gasteiger partial charge < -0.3 is 63.9 Å². The maximum atomic E-state index is 9.44. The van der Waals surface area contributed by atoms with Crippen LogP contribution in [0.3, 0.4) is 0 Å². The van der Waals surface area contributed by atoms with Gasteiger partial charge >= 0.3 is 0 Å². The van der Waals surface area contributed by atoms with Crippen LogP contribution in [0.25, 0.3) is 0 Å². The molecule has 8 fully saturated rings. The molecule has 15 heteroatoms. The van der Waals surface area contributed by atoms with E-state index in [1.807, 2.05) is 31.2 Å². The highest BCUT2D eigenvalue weighted by molar-refractivity contribution is 7.99. The predicted octanol–water partition coefficient (Wildman–Crippen LogP) is 5.02. The Morgan fingerprint density at radius 3 is 0.950 bits per heavy atom. The number of ether oxygens (including phenoxy) is 2. The summed E-state index contributed by atoms with van der Waals surface area (Å²) < 4.78 is 11.2. The first kappa shape index (κ1) is 76.3. The van der Waals surface area contributed by atoms with Gasteiger partial charge in [-0.1, -0.05) is 84.9 Å². The molecule has 8 heterocycles. The van der Waals surface area contributed by atoms with Crippen LogP contribution in [0.5, 0.6) is 0 Å². The number of alkyl halides is 2. The highest BCUT2D eigenvalue weighted by Crippen LogP contribution is 2.52. The number of rotatable bonds is 12. The first-order chi connectivity index (χ1) is 36.8. The van der Waals surface area contributed by atoms with Crippen LogP contribution in [-0.2, 0) is 92.6 Å². The number of hydrogen-bond donors (Lipinski definition) is 0. The molecule has 0 radical (unpaired) electrons. The zero-order chi connectivity index (χ0) is 54.0. The minimum Gasteiger partial charge on any atom is -1.00 e. The smallest absolute Gasteiger partial charge is 0.233 e. The first-order valence-electron chi connectivity index (χ1n) is 28.7. The fraction of sp³-hybridized carbons (Fsp3) is 0.600. The van der Waals surface area contributed by atoms with E-state index in [1.54, 1.807) is 22.3 Å². The van der Waals surface area contributed by atoms with Gasteiger partial charge in [0.05, 0.1) is 12.5 Å². The molecule has 0 N–H and O–H groups in total. The second kappa shape index (κ2) is 42.1. The number of halogens is 6. The summed E-state index contributed by atoms with van der Waals surface area (Å²) in [7, 11) is 2.85. The van der Waals surface area contributed by atoms with Crippen LogP contribution in [0.1, 0.15) is 168 Å². The number of carbonyl (C=O) groups excluding carboxylic acids is 1. The molecule has 450 valence electrons. The summed E-state index contributed by atoms with van der Waals surface area (Å²) >= 11 is 15.4. The Morgan fingerprint density at radius 2 is 0.713 bits per heavy atom. The highest BCUT2D eigenvalue weighted by Gasteiger charge is 2.57. The Morgan fingerprint density at radius 1 is 0.463 bits per heavy atom. The van der Waals surface area contributed by atoms with E-state index >= 15 is 0 Å². The quantitative estimate of drug-likeness (QED) is 0.0864. The van der Waals surface area contributed by atoms with Crippen molar-refractivity contribution in [3.63, 3.8) is 0 Å². The summed E-state index contributed by atoms with van der Waals surface area (Å²) in [6.45, 7) is 13.3. The largest absolute Gasteiger partial charge is 1.00 e. The van der Waals surface area contributed by atoms with Gasteiger partial charge in [-0.25, -0.2) is 0 Å². The van der Waals surface area contributed by atoms with E-state index in [-0.39, 0.29) is 78.8 Å². The average Bonchev–Trinajstić information content (AvgIpc) is 4.24. The van der Waals surface area contributed by atoms with Gasteiger partial charge in [-0.05, 0) is 206 Å². The summed E-state index contributed by atoms with van der Waals surface area (Å²) in [6.07, 6.45) is 18.1. The Hall–Kier alpha value is 0.180. The van der Waals surface area contributed by atoms with E-state index in [0.717, 1.165) is 11.1 Å². The van der Waals surface area contributed by atoms with Crippen molar-refractivity contribution in [1.82, 2.24) is 0 Å². The monoisotopic (exact) mass is 1330 g/mol. The number of epoxide rings is 2. The number of ketones is 1. The van der Waals surface area contributed by atoms with Crippen molar-refractivity contribution in [2.24, 2.45) is 0 Å². The molecule has 0 bridgehead atoms. The van der Waals surface area contributed by atoms with Crippen molar-refractivity contribution < 1.29 is 63.9 Å². The van der Waals surface area contributed by atoms with Crippen LogP contribution in [0.4, 0.5) is 0 Å². The lowest BCUT2D eigenvalue weighted by Crippen LogP contribution is -3.00. The zero-order valence-corrected chi connectivity index (χ0v) is 58.2. The second-order valence-corrected chi connectivity index (χ2v) is 34.6. The predicted molar refractivity (Wildman–Crippen MR) is 350 cm³/mol. The molecular formula is C65H95Cl6O3S6+. The molecule has 3 nitrogen and oxygen atoms in total. The molecule has 0 amide bonds. The van der Waals surface area contributed by atoms with Crippen LogP contribution < -0.4 is 49.6 Å². The SMILES string of the molecule is C1CCSC1.C1CCSC1.CC(C)=O.ClCc1cccc(CCl)c1.[CH2+]C1(C)OC1c1cccc(C2OC2(C)C)c1.[Cl-].[Cl-].[Cl-].[Cl-].c1cc(C[S+]2CCCC2)cc(C[S+]2CCCC2)c1.c1cc(C[S+]2CCCC2)cc(C[S+]2CCCC2)c1. The molecule has 0 aliphatic carbocycles. The van der Waals surface area contributed by atoms with Gasteiger partial charge in [-0.15, -0.1) is 23.2 Å². The third-order valence-electron chi connectivity index (χ3n) is 14.3. The molecule has 8 aliphatic heterocycles. The number of carbonyl (C=O) groups is 1. The number of hydrogen-bond acceptors (Lipinski definition) is 5. The lowest BCUT2D eigenvalue weighted by atomic mass is 9.97. The number of Topliss-reactive ketones (excluding diaryl/α,β-unsaturated/α-hetero) is 1. The van der Waals surface area contributed by atoms with Crippen LogP contribution >= 0.6 is 46.7 Å². The van der Waals surface area contributed by atoms with Crippen molar-refractivity contribution in [3.8, 4) is 0 Å². The molecule has 80 heavy (non-hydrogen) atoms. The van der Waals surface area contributed by atoms with Crippen molar-refractivity contribution in [1.29, 1.82) is 0 Å². The van der Waals surface area contributed by atoms with Gasteiger partial charge in [0.1, 0.15) is 80.9 Å². The van der Waals surface area contributed by atoms with Crippen LogP contribution in [0, 0.1) is 6.92 Å². The molecule has 0 spiro atoms. The lowest BCUT2D eigenvalue weighted by molar-refractivity contribution is -0.115. The topological polar surface area (TPSA) is 42.1 Å². The van der Waals surface area contributed by atoms with E-state index in [0.29, 0.717) is 55.3 Å². The van der Waals surface area contributed by atoms with Gasteiger partial charge in [0.25, 0.3) is 0 Å². The van der Waals surface area contributed by atoms with Gasteiger partial charge in [-0.2, -0.15) is 23.5 Å². The molecule has 12 rings (SSSR count). The minimum atomic E-state index is -0.238. The van der Waals surface area contributed by atoms with Crippen LogP contribution in [0.2, 0.25) is 0 Å². The van der Waals surface area contributed by atoms with Crippen LogP contribution in [0.15, 0.2) is 97.1 Å². The molecule has 3 unspecified atom stereocenters. The second-order valence-electron chi connectivity index (χ2n) is 22.3. The summed E-state index contributed by atoms with van der Waals surface area (Å²) in [6, 6.07) is 35.5. The molecule has 4 aromatic carbocycles. The van der Waals surface area contributed by atoms with E-state index in [4.69, 9.17) is 32.7 Å². The Balaban J connectivity index is 0.000000335. The molecular weight excluding hydrogens is 1230 g/mol. The maximum Gasteiger partial charge on any atom is 0.233 e. The van der Waals surface area contributed by atoms with Gasteiger partial charge in [0.2, 0.25) is 5.60 Å². The van der Waals surface area contributed by atoms with Crippen molar-refractivity contribution >= 4 is 96.1 Å². The third kappa shape index (κ3) is 30.2. The van der Waals surface area contributed by atoms with E-state index < -0.39 is 0 Å². The fourth-order valence-corrected chi connectivity index (χ4v) is 21.9. The molecule has 0 aromatic heterocycles. The van der Waals surface area contributed by atoms with Crippen molar-refractivity contribution in [2.45, 2.75) is 170 Å². The molecule has 4 aromatic rings. The van der Waals surface area contributed by atoms with Gasteiger partial charge in [-0.3, -0.25) is 0 Å². The number of thioether (sulfide) groups is 2. The standard InChI is InChI=1S/2C16H24S2.C14H17O2.C8H8Cl2.2C4H8S.C3H6O.4ClH/c2*1-2-9-17(8-1)13-15-6-5-7-16(12-15)14-18-10-3-4-11-18;1-13(2)11(15-13)9-6-5-7-10(8-9)12-14(3,4)16-12;9-5-7-2-1-3-8(4-7)6-10;2*1-2-4-5-3-1;1-3(2)4;;;;/h2*5-7,12H,1-4,8-11,13-14H2;5-8,11-12H,1H2,2-4H3;1-4H,5-6H2;2*1-4H2;1-2H3;4*1H/q2*+2;+1;;;;;;;;/p-4. The van der Waals surface area contributed by atoms with E-state index in [9.17, 15) is 4.79 Å². The van der Waals surface area contributed by atoms with Gasteiger partial charge in [0, 0.05) is 40.9 Å². The average molecular weight is 1330 g/mol. The minimum absolute atomic E-state index is 0. The summed E-state index contributed by atoms with van der Waals surface area (Å²) in [4.78, 5) is 9.44. The fourth-order valence-electron chi connectivity index (χ4n) is 10.1. The third-order valence-corrected chi connectivity index (χ3v) is 27.1. The van der Waals surface area contributed by atoms with Gasteiger partial charge in [0.15, 0.2) is 6.10 Å². The normalized spacial score (nSPS) is 22.2. The van der Waals surface area contributed by atoms with Crippen molar-refractivity contribution in [2.75, 3.05) is 69.0 Å². The van der Waals surface area contributed by atoms with E-state index in [2.05, 4.69) is 117 Å². The lowest BCUT2D eigenvalue weighted by Gasteiger charge is -2.05. The highest BCUT2D eigenvalue weighted by atomic mass is 35.5.